The number of para-hydroxylation sites is 2. The molecule has 0 saturated heterocycles. The summed E-state index contributed by atoms with van der Waals surface area (Å²) in [7, 11) is 3.14. The normalized spacial score (nSPS) is 11.6. The highest BCUT2D eigenvalue weighted by Gasteiger charge is 2.23. The third-order valence-corrected chi connectivity index (χ3v) is 8.29. The van der Waals surface area contributed by atoms with Crippen LogP contribution in [0, 0.1) is 0 Å². The maximum absolute atomic E-state index is 13.6. The van der Waals surface area contributed by atoms with Gasteiger partial charge in [0.25, 0.3) is 11.8 Å². The highest BCUT2D eigenvalue weighted by Crippen LogP contribution is 2.37. The first-order valence-electron chi connectivity index (χ1n) is 14.7. The predicted molar refractivity (Wildman–Crippen MR) is 187 cm³/mol. The van der Waals surface area contributed by atoms with Crippen molar-refractivity contribution in [2.24, 2.45) is 0 Å². The summed E-state index contributed by atoms with van der Waals surface area (Å²) in [5.74, 6) is 0.129. The third kappa shape index (κ3) is 8.90. The second-order valence-electron chi connectivity index (χ2n) is 10.2. The third-order valence-electron chi connectivity index (χ3n) is 7.03. The van der Waals surface area contributed by atoms with Gasteiger partial charge in [0.15, 0.2) is 0 Å². The quantitative estimate of drug-likeness (QED) is 0.0956. The van der Waals surface area contributed by atoms with Gasteiger partial charge in [-0.1, -0.05) is 72.8 Å². The number of rotatable bonds is 12. The summed E-state index contributed by atoms with van der Waals surface area (Å²) >= 11 is 1.38. The Bertz CT molecular complexity index is 1840. The summed E-state index contributed by atoms with van der Waals surface area (Å²) in [5, 5.41) is 8.05. The second kappa shape index (κ2) is 16.0. The van der Waals surface area contributed by atoms with Gasteiger partial charge < -0.3 is 25.4 Å². The smallest absolute Gasteiger partial charge is 0.272 e. The number of hydrogen-bond donors (Lipinski definition) is 3. The number of benzene rings is 5. The van der Waals surface area contributed by atoms with E-state index in [1.165, 1.54) is 11.8 Å². The number of carbonyl (C=O) groups is 3. The fraction of sp³-hybridized carbons (Fsp3) is 0.0789. The van der Waals surface area contributed by atoms with E-state index in [9.17, 15) is 14.4 Å². The number of hydrogen-bond acceptors (Lipinski definition) is 6. The molecule has 5 rings (SSSR count). The molecule has 0 saturated carbocycles. The molecule has 0 heterocycles. The van der Waals surface area contributed by atoms with E-state index in [1.54, 1.807) is 93.1 Å². The van der Waals surface area contributed by atoms with Gasteiger partial charge in [-0.25, -0.2) is 0 Å². The van der Waals surface area contributed by atoms with Crippen molar-refractivity contribution in [3.05, 3.63) is 156 Å². The number of methoxy groups -OCH3 is 2. The molecule has 0 aliphatic carbocycles. The molecule has 3 amide bonds. The molecule has 5 aromatic carbocycles. The van der Waals surface area contributed by atoms with Crippen LogP contribution in [0.2, 0.25) is 0 Å². The zero-order valence-corrected chi connectivity index (χ0v) is 26.6. The summed E-state index contributed by atoms with van der Waals surface area (Å²) in [6, 6.07) is 39.8. The summed E-state index contributed by atoms with van der Waals surface area (Å²) < 4.78 is 10.6. The van der Waals surface area contributed by atoms with E-state index >= 15 is 0 Å². The maximum Gasteiger partial charge on any atom is 0.272 e. The van der Waals surface area contributed by atoms with Crippen molar-refractivity contribution in [3.63, 3.8) is 0 Å². The van der Waals surface area contributed by atoms with E-state index in [1.807, 2.05) is 60.7 Å². The van der Waals surface area contributed by atoms with Gasteiger partial charge in [0.1, 0.15) is 22.4 Å². The van der Waals surface area contributed by atoms with Crippen LogP contribution in [0.4, 0.5) is 11.4 Å². The minimum atomic E-state index is -0.561. The van der Waals surface area contributed by atoms with Crippen LogP contribution in [0.15, 0.2) is 144 Å². The van der Waals surface area contributed by atoms with Crippen LogP contribution in [-0.4, -0.2) is 31.9 Å². The van der Waals surface area contributed by atoms with Gasteiger partial charge in [-0.05, 0) is 77.9 Å². The molecule has 0 spiro atoms. The van der Waals surface area contributed by atoms with Gasteiger partial charge in [0.2, 0.25) is 5.91 Å². The highest BCUT2D eigenvalue weighted by molar-refractivity contribution is 8.00. The van der Waals surface area contributed by atoms with Gasteiger partial charge in [-0.2, -0.15) is 0 Å². The SMILES string of the molecule is COc1ccc(/C=C(\NC(=O)c2ccccc2)C(=O)Nc2ccc(SC(C(=O)Nc3ccccc3OC)c3ccccc3)cc2)cc1. The van der Waals surface area contributed by atoms with Crippen molar-refractivity contribution >= 4 is 46.9 Å². The zero-order valence-electron chi connectivity index (χ0n) is 25.8. The first-order chi connectivity index (χ1) is 22.9. The molecule has 47 heavy (non-hydrogen) atoms. The Morgan fingerprint density at radius 2 is 1.32 bits per heavy atom. The Morgan fingerprint density at radius 3 is 1.98 bits per heavy atom. The Morgan fingerprint density at radius 1 is 0.681 bits per heavy atom. The van der Waals surface area contributed by atoms with E-state index < -0.39 is 17.1 Å². The molecule has 1 unspecified atom stereocenters. The summed E-state index contributed by atoms with van der Waals surface area (Å²) in [6.07, 6.45) is 1.60. The Hall–Kier alpha value is -5.80. The highest BCUT2D eigenvalue weighted by atomic mass is 32.2. The van der Waals surface area contributed by atoms with E-state index in [0.717, 1.165) is 10.5 Å². The fourth-order valence-corrected chi connectivity index (χ4v) is 5.63. The van der Waals surface area contributed by atoms with E-state index in [2.05, 4.69) is 16.0 Å². The summed E-state index contributed by atoms with van der Waals surface area (Å²) in [4.78, 5) is 40.8. The largest absolute Gasteiger partial charge is 0.497 e. The first kappa shape index (κ1) is 32.6. The van der Waals surface area contributed by atoms with Gasteiger partial charge in [0, 0.05) is 16.1 Å². The minimum absolute atomic E-state index is 0.0691. The van der Waals surface area contributed by atoms with Crippen LogP contribution in [0.5, 0.6) is 11.5 Å². The van der Waals surface area contributed by atoms with Crippen LogP contribution < -0.4 is 25.4 Å². The van der Waals surface area contributed by atoms with Crippen molar-refractivity contribution in [2.45, 2.75) is 10.1 Å². The van der Waals surface area contributed by atoms with Crippen LogP contribution >= 0.6 is 11.8 Å². The lowest BCUT2D eigenvalue weighted by molar-refractivity contribution is -0.116. The van der Waals surface area contributed by atoms with Crippen LogP contribution in [0.1, 0.15) is 26.7 Å². The number of thioether (sulfide) groups is 1. The number of ether oxygens (including phenoxy) is 2. The van der Waals surface area contributed by atoms with Crippen molar-refractivity contribution in [3.8, 4) is 11.5 Å². The predicted octanol–water partition coefficient (Wildman–Crippen LogP) is 7.59. The summed E-state index contributed by atoms with van der Waals surface area (Å²) in [5.41, 5.74) is 3.13. The fourth-order valence-electron chi connectivity index (χ4n) is 4.61. The number of nitrogens with one attached hydrogen (secondary N) is 3. The summed E-state index contributed by atoms with van der Waals surface area (Å²) in [6.45, 7) is 0. The topological polar surface area (TPSA) is 106 Å². The molecule has 0 bridgehead atoms. The standard InChI is InChI=1S/C38H33N3O5S/c1-45-30-21-17-26(18-22-30)25-33(41-36(42)28-13-7-4-8-14-28)37(43)39-29-19-23-31(24-20-29)47-35(27-11-5-3-6-12-27)38(44)40-32-15-9-10-16-34(32)46-2/h3-25,35H,1-2H3,(H,39,43)(H,40,44)(H,41,42)/b33-25-. The van der Waals surface area contributed by atoms with E-state index in [0.29, 0.717) is 34.0 Å². The van der Waals surface area contributed by atoms with Gasteiger partial charge in [-0.15, -0.1) is 11.8 Å². The monoisotopic (exact) mass is 643 g/mol. The molecular formula is C38H33N3O5S. The molecule has 0 aliphatic heterocycles. The number of carbonyl (C=O) groups excluding carboxylic acids is 3. The molecule has 8 nitrogen and oxygen atoms in total. The average Bonchev–Trinajstić information content (AvgIpc) is 3.12. The molecule has 5 aromatic rings. The van der Waals surface area contributed by atoms with Gasteiger partial charge in [-0.3, -0.25) is 14.4 Å². The number of amides is 3. The van der Waals surface area contributed by atoms with E-state index in [-0.39, 0.29) is 11.6 Å². The van der Waals surface area contributed by atoms with Crippen molar-refractivity contribution in [1.82, 2.24) is 5.32 Å². The van der Waals surface area contributed by atoms with Crippen molar-refractivity contribution in [1.29, 1.82) is 0 Å². The lowest BCUT2D eigenvalue weighted by Gasteiger charge is -2.18. The molecule has 0 radical (unpaired) electrons. The molecule has 236 valence electrons. The van der Waals surface area contributed by atoms with Crippen molar-refractivity contribution < 1.29 is 23.9 Å². The van der Waals surface area contributed by atoms with Gasteiger partial charge in [0.05, 0.1) is 19.9 Å². The Labute approximate surface area is 277 Å². The number of anilines is 2. The first-order valence-corrected chi connectivity index (χ1v) is 15.6. The molecule has 9 heteroatoms. The molecule has 0 aliphatic rings. The van der Waals surface area contributed by atoms with Crippen LogP contribution in [-0.2, 0) is 9.59 Å². The molecule has 1 atom stereocenters. The van der Waals surface area contributed by atoms with Gasteiger partial charge >= 0.3 is 0 Å². The molecule has 0 fully saturated rings. The zero-order chi connectivity index (χ0) is 33.0. The second-order valence-corrected chi connectivity index (χ2v) is 11.4. The maximum atomic E-state index is 13.6. The molecule has 3 N–H and O–H groups in total. The Balaban J connectivity index is 1.33. The van der Waals surface area contributed by atoms with Crippen LogP contribution in [0.25, 0.3) is 6.08 Å². The minimum Gasteiger partial charge on any atom is -0.497 e. The van der Waals surface area contributed by atoms with Crippen LogP contribution in [0.3, 0.4) is 0 Å². The molecule has 0 aromatic heterocycles. The Kier molecular flexibility index (Phi) is 11.1. The van der Waals surface area contributed by atoms with E-state index in [4.69, 9.17) is 9.47 Å². The average molecular weight is 644 g/mol. The van der Waals surface area contributed by atoms with Crippen molar-refractivity contribution in [2.75, 3.05) is 24.9 Å². The lowest BCUT2D eigenvalue weighted by atomic mass is 10.1. The molecular weight excluding hydrogens is 611 g/mol. The lowest BCUT2D eigenvalue weighted by Crippen LogP contribution is -2.30.